The molecule has 0 saturated carbocycles. The van der Waals surface area contributed by atoms with Gasteiger partial charge in [0.15, 0.2) is 0 Å². The van der Waals surface area contributed by atoms with E-state index >= 15 is 0 Å². The van der Waals surface area contributed by atoms with Crippen LogP contribution in [0, 0.1) is 6.92 Å². The predicted octanol–water partition coefficient (Wildman–Crippen LogP) is 2.55. The largest absolute Gasteiger partial charge is 0.354 e. The average molecular weight is 262 g/mol. The predicted molar refractivity (Wildman–Crippen MR) is 77.5 cm³/mol. The zero-order valence-corrected chi connectivity index (χ0v) is 12.0. The Kier molecular flexibility index (Phi) is 3.81. The number of hydrogen-bond acceptors (Lipinski definition) is 5. The van der Waals surface area contributed by atoms with E-state index in [2.05, 4.69) is 40.3 Å². The van der Waals surface area contributed by atoms with E-state index in [-0.39, 0.29) is 0 Å². The smallest absolute Gasteiger partial charge is 0.226 e. The van der Waals surface area contributed by atoms with Gasteiger partial charge >= 0.3 is 0 Å². The van der Waals surface area contributed by atoms with Crippen LogP contribution in [0.25, 0.3) is 0 Å². The molecule has 2 rings (SSSR count). The molecule has 0 unspecified atom stereocenters. The maximum absolute atomic E-state index is 4.53. The molecule has 0 aliphatic rings. The van der Waals surface area contributed by atoms with Gasteiger partial charge in [-0.3, -0.25) is 0 Å². The number of anilines is 2. The molecule has 0 aliphatic carbocycles. The highest BCUT2D eigenvalue weighted by Crippen LogP contribution is 2.20. The zero-order chi connectivity index (χ0) is 13.1. The molecule has 0 aromatic carbocycles. The van der Waals surface area contributed by atoms with E-state index in [9.17, 15) is 0 Å². The first-order chi connectivity index (χ1) is 8.58. The van der Waals surface area contributed by atoms with Gasteiger partial charge in [-0.15, -0.1) is 11.3 Å². The molecule has 96 valence electrons. The summed E-state index contributed by atoms with van der Waals surface area (Å²) < 4.78 is 0. The van der Waals surface area contributed by atoms with Gasteiger partial charge in [0.05, 0.1) is 6.54 Å². The van der Waals surface area contributed by atoms with E-state index in [0.717, 1.165) is 18.3 Å². The molecule has 2 heterocycles. The Hall–Kier alpha value is -1.62. The van der Waals surface area contributed by atoms with Gasteiger partial charge in [0.25, 0.3) is 0 Å². The molecule has 0 amide bonds. The molecular formula is C13H18N4S. The maximum atomic E-state index is 4.53. The first-order valence-electron chi connectivity index (χ1n) is 5.82. The van der Waals surface area contributed by atoms with Crippen molar-refractivity contribution in [2.45, 2.75) is 13.5 Å². The van der Waals surface area contributed by atoms with Gasteiger partial charge in [-0.25, -0.2) is 4.98 Å². The summed E-state index contributed by atoms with van der Waals surface area (Å²) in [5, 5.41) is 2.13. The molecule has 2 aromatic rings. The van der Waals surface area contributed by atoms with Crippen LogP contribution >= 0.6 is 11.3 Å². The van der Waals surface area contributed by atoms with Crippen molar-refractivity contribution in [2.75, 3.05) is 30.9 Å². The Balaban J connectivity index is 2.16. The lowest BCUT2D eigenvalue weighted by Gasteiger charge is -2.19. The van der Waals surface area contributed by atoms with Crippen molar-refractivity contribution in [3.05, 3.63) is 34.2 Å². The molecule has 0 atom stereocenters. The Morgan fingerprint density at radius 2 is 2.00 bits per heavy atom. The molecule has 0 aliphatic heterocycles. The third kappa shape index (κ3) is 2.79. The topological polar surface area (TPSA) is 32.3 Å². The number of rotatable bonds is 4. The summed E-state index contributed by atoms with van der Waals surface area (Å²) >= 11 is 1.79. The number of hydrogen-bond donors (Lipinski definition) is 0. The number of thiophene rings is 1. The fourth-order valence-corrected chi connectivity index (χ4v) is 2.59. The summed E-state index contributed by atoms with van der Waals surface area (Å²) in [5.74, 6) is 1.68. The highest BCUT2D eigenvalue weighted by molar-refractivity contribution is 7.10. The van der Waals surface area contributed by atoms with Crippen molar-refractivity contribution in [1.82, 2.24) is 9.97 Å². The lowest BCUT2D eigenvalue weighted by Crippen LogP contribution is -2.20. The highest BCUT2D eigenvalue weighted by atomic mass is 32.1. The SMILES string of the molecule is Cc1ccsc1CN(C)c1ccnc(N(C)C)n1. The number of aryl methyl sites for hydroxylation is 1. The van der Waals surface area contributed by atoms with Crippen molar-refractivity contribution in [2.24, 2.45) is 0 Å². The van der Waals surface area contributed by atoms with Crippen LogP contribution in [-0.2, 0) is 6.54 Å². The quantitative estimate of drug-likeness (QED) is 0.847. The lowest BCUT2D eigenvalue weighted by atomic mass is 10.3. The standard InChI is InChI=1S/C13H18N4S/c1-10-6-8-18-11(10)9-17(4)12-5-7-14-13(15-12)16(2)3/h5-8H,9H2,1-4H3. The summed E-state index contributed by atoms with van der Waals surface area (Å²) in [5.41, 5.74) is 1.34. The van der Waals surface area contributed by atoms with E-state index in [0.29, 0.717) is 0 Å². The molecule has 18 heavy (non-hydrogen) atoms. The second-order valence-electron chi connectivity index (χ2n) is 4.49. The molecule has 0 fully saturated rings. The van der Waals surface area contributed by atoms with Crippen molar-refractivity contribution in [1.29, 1.82) is 0 Å². The van der Waals surface area contributed by atoms with Gasteiger partial charge in [-0.2, -0.15) is 4.98 Å². The molecule has 4 nitrogen and oxygen atoms in total. The average Bonchev–Trinajstić information content (AvgIpc) is 2.75. The Morgan fingerprint density at radius 3 is 2.61 bits per heavy atom. The fourth-order valence-electron chi connectivity index (χ4n) is 1.63. The number of aromatic nitrogens is 2. The van der Waals surface area contributed by atoms with E-state index in [4.69, 9.17) is 0 Å². The van der Waals surface area contributed by atoms with Crippen molar-refractivity contribution in [3.63, 3.8) is 0 Å². The number of nitrogens with zero attached hydrogens (tertiary/aromatic N) is 4. The first-order valence-corrected chi connectivity index (χ1v) is 6.70. The van der Waals surface area contributed by atoms with Crippen LogP contribution in [0.2, 0.25) is 0 Å². The maximum Gasteiger partial charge on any atom is 0.226 e. The molecule has 0 N–H and O–H groups in total. The Bertz CT molecular complexity index is 521. The fraction of sp³-hybridized carbons (Fsp3) is 0.385. The lowest BCUT2D eigenvalue weighted by molar-refractivity contribution is 0.888. The molecule has 0 bridgehead atoms. The first kappa shape index (κ1) is 12.8. The van der Waals surface area contributed by atoms with Gasteiger partial charge in [0.2, 0.25) is 5.95 Å². The Morgan fingerprint density at radius 1 is 1.22 bits per heavy atom. The van der Waals surface area contributed by atoms with Gasteiger partial charge in [0.1, 0.15) is 5.82 Å². The molecule has 0 radical (unpaired) electrons. The summed E-state index contributed by atoms with van der Waals surface area (Å²) in [6, 6.07) is 4.09. The third-order valence-corrected chi connectivity index (χ3v) is 3.78. The van der Waals surface area contributed by atoms with Crippen LogP contribution in [-0.4, -0.2) is 31.1 Å². The van der Waals surface area contributed by atoms with Crippen molar-refractivity contribution >= 4 is 23.1 Å². The summed E-state index contributed by atoms with van der Waals surface area (Å²) in [7, 11) is 5.95. The van der Waals surface area contributed by atoms with E-state index < -0.39 is 0 Å². The van der Waals surface area contributed by atoms with Gasteiger partial charge < -0.3 is 9.80 Å². The van der Waals surface area contributed by atoms with Crippen LogP contribution in [0.3, 0.4) is 0 Å². The summed E-state index contributed by atoms with van der Waals surface area (Å²) in [6.07, 6.45) is 1.80. The van der Waals surface area contributed by atoms with E-state index in [1.54, 1.807) is 17.5 Å². The second kappa shape index (κ2) is 5.35. The van der Waals surface area contributed by atoms with Crippen molar-refractivity contribution < 1.29 is 0 Å². The normalized spacial score (nSPS) is 10.4. The second-order valence-corrected chi connectivity index (χ2v) is 5.49. The van der Waals surface area contributed by atoms with Crippen LogP contribution in [0.15, 0.2) is 23.7 Å². The molecule has 5 heteroatoms. The van der Waals surface area contributed by atoms with E-state index in [1.807, 2.05) is 25.1 Å². The minimum absolute atomic E-state index is 0.738. The molecule has 2 aromatic heterocycles. The van der Waals surface area contributed by atoms with Gasteiger partial charge in [-0.05, 0) is 30.0 Å². The van der Waals surface area contributed by atoms with E-state index in [1.165, 1.54) is 10.4 Å². The molecule has 0 spiro atoms. The van der Waals surface area contributed by atoms with Crippen LogP contribution in [0.4, 0.5) is 11.8 Å². The monoisotopic (exact) mass is 262 g/mol. The molecular weight excluding hydrogens is 244 g/mol. The van der Waals surface area contributed by atoms with Crippen molar-refractivity contribution in [3.8, 4) is 0 Å². The summed E-state index contributed by atoms with van der Waals surface area (Å²) in [6.45, 7) is 3.03. The minimum atomic E-state index is 0.738. The highest BCUT2D eigenvalue weighted by Gasteiger charge is 2.08. The van der Waals surface area contributed by atoms with Gasteiger partial charge in [-0.1, -0.05) is 0 Å². The van der Waals surface area contributed by atoms with Crippen LogP contribution < -0.4 is 9.80 Å². The van der Waals surface area contributed by atoms with Crippen LogP contribution in [0.1, 0.15) is 10.4 Å². The Labute approximate surface area is 112 Å². The minimum Gasteiger partial charge on any atom is -0.354 e. The third-order valence-electron chi connectivity index (χ3n) is 2.77. The van der Waals surface area contributed by atoms with Gasteiger partial charge in [0, 0.05) is 32.2 Å². The zero-order valence-electron chi connectivity index (χ0n) is 11.2. The van der Waals surface area contributed by atoms with Crippen LogP contribution in [0.5, 0.6) is 0 Å². The summed E-state index contributed by atoms with van der Waals surface area (Å²) in [4.78, 5) is 14.2. The molecule has 0 saturated heterocycles.